The Bertz CT molecular complexity index is 631. The summed E-state index contributed by atoms with van der Waals surface area (Å²) >= 11 is 0. The molecule has 0 bridgehead atoms. The van der Waals surface area contributed by atoms with Gasteiger partial charge in [-0.1, -0.05) is 0 Å². The van der Waals surface area contributed by atoms with Crippen LogP contribution in [-0.4, -0.2) is 25.8 Å². The van der Waals surface area contributed by atoms with Crippen LogP contribution >= 0.6 is 0 Å². The molecule has 18 heavy (non-hydrogen) atoms. The number of hydrogen-bond acceptors (Lipinski definition) is 4. The molecule has 0 unspecified atom stereocenters. The van der Waals surface area contributed by atoms with Crippen molar-refractivity contribution < 1.29 is 9.90 Å². The summed E-state index contributed by atoms with van der Waals surface area (Å²) in [6.07, 6.45) is 0. The lowest BCUT2D eigenvalue weighted by Crippen LogP contribution is -2.06. The van der Waals surface area contributed by atoms with Crippen LogP contribution in [0.15, 0.2) is 12.1 Å². The van der Waals surface area contributed by atoms with Crippen molar-refractivity contribution in [2.75, 3.05) is 5.73 Å². The Kier molecular flexibility index (Phi) is 2.78. The number of carboxylic acid groups (broad SMARTS) is 1. The zero-order valence-electron chi connectivity index (χ0n) is 10.4. The molecule has 0 aliphatic heterocycles. The van der Waals surface area contributed by atoms with Crippen LogP contribution in [0.2, 0.25) is 0 Å². The Balaban J connectivity index is 2.75. The van der Waals surface area contributed by atoms with E-state index in [1.165, 1.54) is 0 Å². The van der Waals surface area contributed by atoms with Gasteiger partial charge in [0.15, 0.2) is 5.69 Å². The van der Waals surface area contributed by atoms with Gasteiger partial charge in [0.2, 0.25) is 0 Å². The summed E-state index contributed by atoms with van der Waals surface area (Å²) in [5, 5.41) is 13.5. The second kappa shape index (κ2) is 4.14. The fraction of sp³-hybridized carbons (Fsp3) is 0.250. The van der Waals surface area contributed by atoms with Crippen molar-refractivity contribution in [3.05, 3.63) is 29.2 Å². The van der Waals surface area contributed by atoms with Gasteiger partial charge in [0.1, 0.15) is 5.82 Å². The second-order valence-corrected chi connectivity index (χ2v) is 4.11. The average molecular weight is 246 g/mol. The molecule has 3 N–H and O–H groups in total. The molecule has 0 aliphatic rings. The van der Waals surface area contributed by atoms with Crippen molar-refractivity contribution in [1.82, 2.24) is 14.8 Å². The number of aryl methyl sites for hydroxylation is 2. The first-order chi connectivity index (χ1) is 8.41. The van der Waals surface area contributed by atoms with Gasteiger partial charge in [0.25, 0.3) is 0 Å². The molecular weight excluding hydrogens is 232 g/mol. The SMILES string of the molecule is Cc1nn(C)c(C)c1-c1ccc(N)nc1C(=O)O. The molecule has 2 aromatic rings. The molecule has 6 heteroatoms. The van der Waals surface area contributed by atoms with Crippen LogP contribution in [0.1, 0.15) is 21.9 Å². The zero-order chi connectivity index (χ0) is 13.4. The van der Waals surface area contributed by atoms with E-state index in [-0.39, 0.29) is 11.5 Å². The van der Waals surface area contributed by atoms with E-state index in [0.717, 1.165) is 17.0 Å². The van der Waals surface area contributed by atoms with Gasteiger partial charge in [-0.2, -0.15) is 5.10 Å². The first-order valence-corrected chi connectivity index (χ1v) is 5.42. The van der Waals surface area contributed by atoms with E-state index < -0.39 is 5.97 Å². The largest absolute Gasteiger partial charge is 0.476 e. The van der Waals surface area contributed by atoms with Crippen LogP contribution in [-0.2, 0) is 7.05 Å². The summed E-state index contributed by atoms with van der Waals surface area (Å²) in [4.78, 5) is 15.1. The highest BCUT2D eigenvalue weighted by Crippen LogP contribution is 2.29. The standard InChI is InChI=1S/C12H14N4O2/c1-6-10(7(2)16(3)15-6)8-4-5-9(13)14-11(8)12(17)18/h4-5H,1-3H3,(H2,13,14)(H,17,18). The Hall–Kier alpha value is -2.37. The number of carboxylic acids is 1. The van der Waals surface area contributed by atoms with E-state index in [2.05, 4.69) is 10.1 Å². The highest BCUT2D eigenvalue weighted by atomic mass is 16.4. The fourth-order valence-corrected chi connectivity index (χ4v) is 2.00. The van der Waals surface area contributed by atoms with Crippen LogP contribution in [0.3, 0.4) is 0 Å². The van der Waals surface area contributed by atoms with Gasteiger partial charge in [0.05, 0.1) is 5.69 Å². The number of hydrogen-bond donors (Lipinski definition) is 2. The molecule has 0 radical (unpaired) electrons. The topological polar surface area (TPSA) is 94.0 Å². The van der Waals surface area contributed by atoms with Crippen molar-refractivity contribution in [2.45, 2.75) is 13.8 Å². The maximum absolute atomic E-state index is 11.2. The highest BCUT2D eigenvalue weighted by molar-refractivity contribution is 5.95. The van der Waals surface area contributed by atoms with Crippen LogP contribution in [0.25, 0.3) is 11.1 Å². The van der Waals surface area contributed by atoms with Crippen LogP contribution in [0, 0.1) is 13.8 Å². The van der Waals surface area contributed by atoms with Gasteiger partial charge < -0.3 is 10.8 Å². The van der Waals surface area contributed by atoms with Crippen molar-refractivity contribution in [2.24, 2.45) is 7.05 Å². The summed E-state index contributed by atoms with van der Waals surface area (Å²) in [7, 11) is 1.82. The summed E-state index contributed by atoms with van der Waals surface area (Å²) in [6, 6.07) is 3.26. The number of rotatable bonds is 2. The number of nitrogens with two attached hydrogens (primary N) is 1. The molecule has 0 fully saturated rings. The summed E-state index contributed by atoms with van der Waals surface area (Å²) in [6.45, 7) is 3.72. The van der Waals surface area contributed by atoms with Crippen LogP contribution in [0.5, 0.6) is 0 Å². The monoisotopic (exact) mass is 246 g/mol. The average Bonchev–Trinajstić information content (AvgIpc) is 2.54. The van der Waals surface area contributed by atoms with Gasteiger partial charge >= 0.3 is 5.97 Å². The van der Waals surface area contributed by atoms with E-state index in [9.17, 15) is 9.90 Å². The van der Waals surface area contributed by atoms with Crippen LogP contribution < -0.4 is 5.73 Å². The summed E-state index contributed by atoms with van der Waals surface area (Å²) < 4.78 is 1.71. The van der Waals surface area contributed by atoms with E-state index in [4.69, 9.17) is 5.73 Å². The van der Waals surface area contributed by atoms with E-state index in [0.29, 0.717) is 5.56 Å². The van der Waals surface area contributed by atoms with Gasteiger partial charge in [-0.25, -0.2) is 9.78 Å². The fourth-order valence-electron chi connectivity index (χ4n) is 2.00. The second-order valence-electron chi connectivity index (χ2n) is 4.11. The third-order valence-electron chi connectivity index (χ3n) is 2.90. The minimum absolute atomic E-state index is 0.0470. The predicted molar refractivity (Wildman–Crippen MR) is 67.3 cm³/mol. The Morgan fingerprint density at radius 2 is 2.06 bits per heavy atom. The molecule has 0 saturated carbocycles. The number of anilines is 1. The first kappa shape index (κ1) is 12.1. The lowest BCUT2D eigenvalue weighted by Gasteiger charge is -2.07. The number of aromatic nitrogens is 3. The third-order valence-corrected chi connectivity index (χ3v) is 2.90. The maximum atomic E-state index is 11.2. The molecule has 2 rings (SSSR count). The van der Waals surface area contributed by atoms with Gasteiger partial charge in [-0.05, 0) is 26.0 Å². The minimum atomic E-state index is -1.10. The minimum Gasteiger partial charge on any atom is -0.476 e. The molecule has 0 amide bonds. The molecular formula is C12H14N4O2. The molecule has 6 nitrogen and oxygen atoms in total. The smallest absolute Gasteiger partial charge is 0.355 e. The molecule has 94 valence electrons. The normalized spacial score (nSPS) is 10.6. The number of nitrogens with zero attached hydrogens (tertiary/aromatic N) is 3. The number of nitrogen functional groups attached to an aromatic ring is 1. The van der Waals surface area contributed by atoms with Crippen molar-refractivity contribution in [3.63, 3.8) is 0 Å². The number of pyridine rings is 1. The summed E-state index contributed by atoms with van der Waals surface area (Å²) in [5.74, 6) is -0.907. The maximum Gasteiger partial charge on any atom is 0.355 e. The Labute approximate surface area is 104 Å². The zero-order valence-corrected chi connectivity index (χ0v) is 10.4. The third kappa shape index (κ3) is 1.81. The van der Waals surface area contributed by atoms with E-state index in [1.807, 2.05) is 20.9 Å². The lowest BCUT2D eigenvalue weighted by atomic mass is 10.0. The Morgan fingerprint density at radius 3 is 2.56 bits per heavy atom. The molecule has 2 aromatic heterocycles. The van der Waals surface area contributed by atoms with Crippen molar-refractivity contribution in [3.8, 4) is 11.1 Å². The predicted octanol–water partition coefficient (Wildman–Crippen LogP) is 1.38. The molecule has 0 aliphatic carbocycles. The number of carbonyl (C=O) groups is 1. The first-order valence-electron chi connectivity index (χ1n) is 5.42. The van der Waals surface area contributed by atoms with E-state index in [1.54, 1.807) is 16.8 Å². The van der Waals surface area contributed by atoms with Crippen molar-refractivity contribution >= 4 is 11.8 Å². The number of aromatic carboxylic acids is 1. The molecule has 0 atom stereocenters. The van der Waals surface area contributed by atoms with Crippen LogP contribution in [0.4, 0.5) is 5.82 Å². The molecule has 0 saturated heterocycles. The highest BCUT2D eigenvalue weighted by Gasteiger charge is 2.19. The van der Waals surface area contributed by atoms with Gasteiger partial charge in [-0.15, -0.1) is 0 Å². The Morgan fingerprint density at radius 1 is 1.39 bits per heavy atom. The van der Waals surface area contributed by atoms with Gasteiger partial charge in [0, 0.05) is 23.9 Å². The summed E-state index contributed by atoms with van der Waals surface area (Å²) in [5.41, 5.74) is 8.48. The molecule has 2 heterocycles. The van der Waals surface area contributed by atoms with E-state index >= 15 is 0 Å². The quantitative estimate of drug-likeness (QED) is 0.834. The molecule has 0 aromatic carbocycles. The van der Waals surface area contributed by atoms with Crippen molar-refractivity contribution in [1.29, 1.82) is 0 Å². The molecule has 0 spiro atoms. The lowest BCUT2D eigenvalue weighted by molar-refractivity contribution is 0.0691. The van der Waals surface area contributed by atoms with Gasteiger partial charge in [-0.3, -0.25) is 4.68 Å².